The van der Waals surface area contributed by atoms with Crippen LogP contribution in [0.5, 0.6) is 0 Å². The summed E-state index contributed by atoms with van der Waals surface area (Å²) in [6.07, 6.45) is 3.87. The van der Waals surface area contributed by atoms with Crippen LogP contribution in [0.3, 0.4) is 0 Å². The van der Waals surface area contributed by atoms with Crippen LogP contribution in [0.2, 0.25) is 0 Å². The van der Waals surface area contributed by atoms with Gasteiger partial charge in [-0.15, -0.1) is 0 Å². The van der Waals surface area contributed by atoms with Crippen LogP contribution in [0.25, 0.3) is 0 Å². The Balaban J connectivity index is 3.97. The molecule has 0 aromatic carbocycles. The molecule has 0 aliphatic heterocycles. The minimum absolute atomic E-state index is 0.126. The van der Waals surface area contributed by atoms with E-state index in [-0.39, 0.29) is 24.0 Å². The van der Waals surface area contributed by atoms with E-state index in [2.05, 4.69) is 0 Å². The molecule has 0 aromatic rings. The molecule has 0 aromatic heterocycles. The molecule has 0 bridgehead atoms. The molecule has 0 heterocycles. The molecule has 5 nitrogen and oxygen atoms in total. The van der Waals surface area contributed by atoms with E-state index in [4.69, 9.17) is 0 Å². The van der Waals surface area contributed by atoms with Crippen molar-refractivity contribution in [3.8, 4) is 0 Å². The zero-order valence-corrected chi connectivity index (χ0v) is 18.8. The predicted octanol–water partition coefficient (Wildman–Crippen LogP) is 5.34. The normalized spacial score (nSPS) is 16.4. The highest BCUT2D eigenvalue weighted by molar-refractivity contribution is 6.26. The molecule has 0 unspecified atom stereocenters. The monoisotopic (exact) mass is 402 g/mol. The van der Waals surface area contributed by atoms with Gasteiger partial charge in [-0.2, -0.15) is 0 Å². The van der Waals surface area contributed by atoms with Crippen LogP contribution in [0.4, 0.5) is 0 Å². The van der Waals surface area contributed by atoms with Crippen molar-refractivity contribution in [2.75, 3.05) is 0 Å². The van der Waals surface area contributed by atoms with Gasteiger partial charge in [0.1, 0.15) is 17.1 Å². The first-order chi connectivity index (χ1) is 13.3. The topological polar surface area (TPSA) is 91.7 Å². The number of aliphatic hydroxyl groups excluding tert-OH is 2. The second-order valence-electron chi connectivity index (χ2n) is 8.87. The Hall–Kier alpha value is -2.43. The fraction of sp³-hybridized carbons (Fsp3) is 0.542. The number of carbonyl (C=O) groups is 3. The number of carbonyl (C=O) groups excluding carboxylic acids is 3. The predicted molar refractivity (Wildman–Crippen MR) is 115 cm³/mol. The van der Waals surface area contributed by atoms with Gasteiger partial charge in [0.2, 0.25) is 0 Å². The summed E-state index contributed by atoms with van der Waals surface area (Å²) in [6.45, 7) is 14.0. The minimum Gasteiger partial charge on any atom is -0.510 e. The average molecular weight is 403 g/mol. The van der Waals surface area contributed by atoms with E-state index in [0.717, 1.165) is 11.1 Å². The molecule has 29 heavy (non-hydrogen) atoms. The molecule has 1 aliphatic rings. The lowest BCUT2D eigenvalue weighted by atomic mass is 9.65. The quantitative estimate of drug-likeness (QED) is 0.422. The zero-order chi connectivity index (χ0) is 22.7. The molecular formula is C24H34O5. The molecule has 0 radical (unpaired) electrons. The Morgan fingerprint density at radius 3 is 1.55 bits per heavy atom. The van der Waals surface area contributed by atoms with Gasteiger partial charge in [0.25, 0.3) is 0 Å². The van der Waals surface area contributed by atoms with E-state index in [1.165, 1.54) is 0 Å². The third-order valence-corrected chi connectivity index (χ3v) is 5.08. The maximum Gasteiger partial charge on any atom is 0.184 e. The third kappa shape index (κ3) is 4.95. The number of ketones is 3. The highest BCUT2D eigenvalue weighted by atomic mass is 16.3. The molecule has 160 valence electrons. The molecule has 5 heteroatoms. The van der Waals surface area contributed by atoms with Crippen LogP contribution in [0.1, 0.15) is 68.2 Å². The molecule has 2 N–H and O–H groups in total. The van der Waals surface area contributed by atoms with Gasteiger partial charge in [0, 0.05) is 11.8 Å². The maximum absolute atomic E-state index is 13.6. The summed E-state index contributed by atoms with van der Waals surface area (Å²) in [4.78, 5) is 39.3. The minimum atomic E-state index is -1.50. The number of hydrogen-bond acceptors (Lipinski definition) is 5. The van der Waals surface area contributed by atoms with Crippen molar-refractivity contribution in [2.45, 2.75) is 68.2 Å². The van der Waals surface area contributed by atoms with Crippen LogP contribution in [-0.4, -0.2) is 27.6 Å². The van der Waals surface area contributed by atoms with Gasteiger partial charge in [0.05, 0.1) is 11.0 Å². The molecular weight excluding hydrogens is 368 g/mol. The zero-order valence-electron chi connectivity index (χ0n) is 18.8. The van der Waals surface area contributed by atoms with Gasteiger partial charge in [-0.25, -0.2) is 0 Å². The van der Waals surface area contributed by atoms with Gasteiger partial charge >= 0.3 is 0 Å². The van der Waals surface area contributed by atoms with Crippen molar-refractivity contribution >= 4 is 17.3 Å². The summed E-state index contributed by atoms with van der Waals surface area (Å²) in [5.41, 5.74) is -0.316. The molecule has 1 rings (SSSR count). The number of aliphatic hydroxyl groups is 2. The van der Waals surface area contributed by atoms with E-state index in [1.807, 2.05) is 39.8 Å². The maximum atomic E-state index is 13.6. The van der Waals surface area contributed by atoms with Crippen molar-refractivity contribution in [3.63, 3.8) is 0 Å². The molecule has 1 aliphatic carbocycles. The largest absolute Gasteiger partial charge is 0.510 e. The van der Waals surface area contributed by atoms with Gasteiger partial charge in [0.15, 0.2) is 17.3 Å². The second-order valence-corrected chi connectivity index (χ2v) is 8.87. The Morgan fingerprint density at radius 2 is 1.21 bits per heavy atom. The summed E-state index contributed by atoms with van der Waals surface area (Å²) >= 11 is 0. The highest BCUT2D eigenvalue weighted by Gasteiger charge is 2.51. The molecule has 0 atom stereocenters. The average Bonchev–Trinajstić information content (AvgIpc) is 2.60. The Bertz CT molecular complexity index is 803. The summed E-state index contributed by atoms with van der Waals surface area (Å²) in [6, 6.07) is 0. The molecule has 0 saturated heterocycles. The number of allylic oxidation sites excluding steroid dienone is 7. The lowest BCUT2D eigenvalue weighted by Crippen LogP contribution is -2.42. The fourth-order valence-electron chi connectivity index (χ4n) is 3.19. The van der Waals surface area contributed by atoms with Crippen LogP contribution < -0.4 is 0 Å². The summed E-state index contributed by atoms with van der Waals surface area (Å²) in [7, 11) is 0. The SMILES string of the molecule is CC(C)=CCC1(CC=C(C)C)C(=O)C(C(=O)C(C)C)=C(O)C(C(=O)C(C)C)=C1O. The lowest BCUT2D eigenvalue weighted by molar-refractivity contribution is -0.129. The molecule has 0 amide bonds. The first-order valence-corrected chi connectivity index (χ1v) is 10.0. The van der Waals surface area contributed by atoms with Crippen LogP contribution in [0, 0.1) is 17.3 Å². The Morgan fingerprint density at radius 1 is 0.828 bits per heavy atom. The first kappa shape index (κ1) is 24.6. The van der Waals surface area contributed by atoms with Crippen LogP contribution in [0.15, 0.2) is 46.0 Å². The summed E-state index contributed by atoms with van der Waals surface area (Å²) < 4.78 is 0. The van der Waals surface area contributed by atoms with Crippen molar-refractivity contribution < 1.29 is 24.6 Å². The van der Waals surface area contributed by atoms with Crippen LogP contribution in [-0.2, 0) is 14.4 Å². The van der Waals surface area contributed by atoms with E-state index in [1.54, 1.807) is 27.7 Å². The van der Waals surface area contributed by atoms with Crippen LogP contribution >= 0.6 is 0 Å². The van der Waals surface area contributed by atoms with E-state index < -0.39 is 46.1 Å². The number of hydrogen-bond donors (Lipinski definition) is 2. The second kappa shape index (κ2) is 9.38. The Labute approximate surface area is 173 Å². The van der Waals surface area contributed by atoms with Crippen molar-refractivity contribution in [2.24, 2.45) is 17.3 Å². The molecule has 0 spiro atoms. The lowest BCUT2D eigenvalue weighted by Gasteiger charge is -2.36. The Kier molecular flexibility index (Phi) is 7.96. The fourth-order valence-corrected chi connectivity index (χ4v) is 3.19. The summed E-state index contributed by atoms with van der Waals surface area (Å²) in [5.74, 6) is -3.89. The number of Topliss-reactive ketones (excluding diaryl/α,β-unsaturated/α-hetero) is 3. The number of rotatable bonds is 8. The van der Waals surface area contributed by atoms with E-state index in [9.17, 15) is 24.6 Å². The molecule has 0 saturated carbocycles. The summed E-state index contributed by atoms with van der Waals surface area (Å²) in [5, 5.41) is 21.9. The van der Waals surface area contributed by atoms with Gasteiger partial charge in [-0.1, -0.05) is 51.0 Å². The van der Waals surface area contributed by atoms with Crippen molar-refractivity contribution in [1.29, 1.82) is 0 Å². The highest BCUT2D eigenvalue weighted by Crippen LogP contribution is 2.46. The third-order valence-electron chi connectivity index (χ3n) is 5.08. The van der Waals surface area contributed by atoms with E-state index >= 15 is 0 Å². The van der Waals surface area contributed by atoms with Crippen molar-refractivity contribution in [3.05, 3.63) is 46.0 Å². The van der Waals surface area contributed by atoms with Gasteiger partial charge < -0.3 is 10.2 Å². The smallest absolute Gasteiger partial charge is 0.184 e. The standard InChI is InChI=1S/C24H34O5/c1-13(2)9-11-24(12-10-14(3)4)22(28)17(19(25)15(5)6)21(27)18(23(24)29)20(26)16(7)8/h9-10,15-16,27-28H,11-12H2,1-8H3. The van der Waals surface area contributed by atoms with Crippen molar-refractivity contribution in [1.82, 2.24) is 0 Å². The van der Waals surface area contributed by atoms with Gasteiger partial charge in [-0.3, -0.25) is 14.4 Å². The van der Waals surface area contributed by atoms with E-state index in [0.29, 0.717) is 0 Å². The first-order valence-electron chi connectivity index (χ1n) is 10.0. The van der Waals surface area contributed by atoms with Gasteiger partial charge in [-0.05, 0) is 40.5 Å². The molecule has 0 fully saturated rings.